The summed E-state index contributed by atoms with van der Waals surface area (Å²) in [7, 11) is 0. The first-order valence-corrected chi connectivity index (χ1v) is 10.8. The molecule has 4 heteroatoms. The number of hydrogen-bond acceptors (Lipinski definition) is 2. The summed E-state index contributed by atoms with van der Waals surface area (Å²) in [5.74, 6) is 3.40. The number of alkyl halides is 2. The molecular formula is C22H34F2O2. The second kappa shape index (κ2) is 6.53. The average Bonchev–Trinajstić information content (AvgIpc) is 2.97. The molecule has 148 valence electrons. The highest BCUT2D eigenvalue weighted by molar-refractivity contribution is 5.81. The van der Waals surface area contributed by atoms with E-state index in [9.17, 15) is 18.7 Å². The van der Waals surface area contributed by atoms with Crippen LogP contribution in [0.3, 0.4) is 0 Å². The first-order valence-electron chi connectivity index (χ1n) is 10.8. The molecule has 4 rings (SSSR count). The average molecular weight is 369 g/mol. The van der Waals surface area contributed by atoms with Gasteiger partial charge in [-0.25, -0.2) is 8.78 Å². The highest BCUT2D eigenvalue weighted by Gasteiger charge is 2.59. The van der Waals surface area contributed by atoms with Crippen LogP contribution in [0.15, 0.2) is 0 Å². The minimum atomic E-state index is -2.62. The van der Waals surface area contributed by atoms with Gasteiger partial charge in [-0.05, 0) is 92.8 Å². The van der Waals surface area contributed by atoms with Gasteiger partial charge in [0.25, 0.3) is 6.43 Å². The van der Waals surface area contributed by atoms with E-state index in [4.69, 9.17) is 0 Å². The van der Waals surface area contributed by atoms with Crippen molar-refractivity contribution in [2.75, 3.05) is 0 Å². The molecule has 2 nitrogen and oxygen atoms in total. The molecule has 0 bridgehead atoms. The Morgan fingerprint density at radius 1 is 1.04 bits per heavy atom. The molecule has 1 N–H and O–H groups in total. The lowest BCUT2D eigenvalue weighted by Crippen LogP contribution is -2.53. The Bertz CT molecular complexity index is 564. The number of aliphatic hydroxyl groups is 1. The molecule has 0 aliphatic heterocycles. The summed E-state index contributed by atoms with van der Waals surface area (Å²) in [5, 5.41) is 10.3. The molecule has 0 aromatic rings. The summed E-state index contributed by atoms with van der Waals surface area (Å²) in [5.41, 5.74) is -1.58. The van der Waals surface area contributed by atoms with Gasteiger partial charge in [-0.1, -0.05) is 13.8 Å². The molecule has 4 aliphatic carbocycles. The summed E-state index contributed by atoms with van der Waals surface area (Å²) >= 11 is 0. The van der Waals surface area contributed by atoms with Crippen molar-refractivity contribution in [1.29, 1.82) is 0 Å². The van der Waals surface area contributed by atoms with Crippen molar-refractivity contribution in [3.05, 3.63) is 0 Å². The minimum Gasteiger partial charge on any atom is -0.384 e. The zero-order valence-corrected chi connectivity index (χ0v) is 16.2. The number of fused-ring (bicyclic) bond motifs is 5. The van der Waals surface area contributed by atoms with Crippen LogP contribution in [0.5, 0.6) is 0 Å². The molecule has 0 amide bonds. The van der Waals surface area contributed by atoms with Crippen LogP contribution < -0.4 is 0 Å². The van der Waals surface area contributed by atoms with E-state index in [1.807, 2.05) is 6.92 Å². The summed E-state index contributed by atoms with van der Waals surface area (Å²) in [6, 6.07) is 0. The van der Waals surface area contributed by atoms with Crippen molar-refractivity contribution < 1.29 is 18.7 Å². The normalized spacial score (nSPS) is 50.8. The standard InChI is InChI=1S/C22H34F2O2/c1-3-19(25)18-7-6-17-16-5-4-13-12-22(26,20(23)24)11-9-14(13)15(16)8-10-21(17,18)2/h13-18,20,26H,3-12H2,1-2H3. The highest BCUT2D eigenvalue weighted by atomic mass is 19.3. The smallest absolute Gasteiger partial charge is 0.266 e. The van der Waals surface area contributed by atoms with Crippen LogP contribution in [0, 0.1) is 40.9 Å². The van der Waals surface area contributed by atoms with Crippen LogP contribution in [0.2, 0.25) is 0 Å². The molecule has 0 spiro atoms. The van der Waals surface area contributed by atoms with Crippen molar-refractivity contribution in [2.24, 2.45) is 40.9 Å². The van der Waals surface area contributed by atoms with E-state index >= 15 is 0 Å². The molecule has 8 unspecified atom stereocenters. The molecule has 8 atom stereocenters. The second-order valence-corrected chi connectivity index (χ2v) is 10.1. The molecule has 0 aromatic heterocycles. The largest absolute Gasteiger partial charge is 0.384 e. The number of hydrogen-bond donors (Lipinski definition) is 1. The Morgan fingerprint density at radius 2 is 1.77 bits per heavy atom. The molecule has 0 heterocycles. The molecular weight excluding hydrogens is 334 g/mol. The Hall–Kier alpha value is -0.510. The Kier molecular flexibility index (Phi) is 4.73. The fraction of sp³-hybridized carbons (Fsp3) is 0.955. The molecule has 4 fully saturated rings. The van der Waals surface area contributed by atoms with Crippen LogP contribution >= 0.6 is 0 Å². The van der Waals surface area contributed by atoms with Gasteiger partial charge in [-0.2, -0.15) is 0 Å². The van der Waals surface area contributed by atoms with E-state index in [0.29, 0.717) is 35.9 Å². The first-order chi connectivity index (χ1) is 12.3. The monoisotopic (exact) mass is 368 g/mol. The quantitative estimate of drug-likeness (QED) is 0.740. The number of halogens is 2. The molecule has 0 aromatic carbocycles. The molecule has 4 aliphatic rings. The zero-order chi connectivity index (χ0) is 18.7. The fourth-order valence-electron chi connectivity index (χ4n) is 7.88. The van der Waals surface area contributed by atoms with Crippen molar-refractivity contribution in [1.82, 2.24) is 0 Å². The van der Waals surface area contributed by atoms with E-state index in [0.717, 1.165) is 38.5 Å². The van der Waals surface area contributed by atoms with Gasteiger partial charge in [0.2, 0.25) is 0 Å². The summed E-state index contributed by atoms with van der Waals surface area (Å²) in [6.07, 6.45) is 5.93. The summed E-state index contributed by atoms with van der Waals surface area (Å²) < 4.78 is 26.6. The van der Waals surface area contributed by atoms with E-state index in [1.165, 1.54) is 6.42 Å². The summed E-state index contributed by atoms with van der Waals surface area (Å²) in [4.78, 5) is 12.5. The van der Waals surface area contributed by atoms with Gasteiger partial charge in [0.1, 0.15) is 11.4 Å². The lowest BCUT2D eigenvalue weighted by Gasteiger charge is -2.57. The minimum absolute atomic E-state index is 0.166. The van der Waals surface area contributed by atoms with Crippen LogP contribution in [-0.4, -0.2) is 22.9 Å². The molecule has 0 radical (unpaired) electrons. The molecule has 4 saturated carbocycles. The lowest BCUT2D eigenvalue weighted by molar-refractivity contribution is -0.160. The third-order valence-electron chi connectivity index (χ3n) is 9.19. The van der Waals surface area contributed by atoms with Gasteiger partial charge in [0, 0.05) is 12.3 Å². The van der Waals surface area contributed by atoms with E-state index in [1.54, 1.807) is 0 Å². The number of carbonyl (C=O) groups excluding carboxylic acids is 1. The highest BCUT2D eigenvalue weighted by Crippen LogP contribution is 2.65. The number of carbonyl (C=O) groups is 1. The lowest BCUT2D eigenvalue weighted by atomic mass is 9.49. The maximum atomic E-state index is 13.3. The van der Waals surface area contributed by atoms with Gasteiger partial charge in [-0.3, -0.25) is 4.79 Å². The third kappa shape index (κ3) is 2.69. The van der Waals surface area contributed by atoms with Crippen molar-refractivity contribution in [2.45, 2.75) is 90.1 Å². The van der Waals surface area contributed by atoms with Crippen LogP contribution in [-0.2, 0) is 4.79 Å². The van der Waals surface area contributed by atoms with Crippen LogP contribution in [0.25, 0.3) is 0 Å². The summed E-state index contributed by atoms with van der Waals surface area (Å²) in [6.45, 7) is 4.35. The Labute approximate surface area is 156 Å². The number of rotatable bonds is 3. The van der Waals surface area contributed by atoms with Crippen LogP contribution in [0.1, 0.15) is 78.1 Å². The van der Waals surface area contributed by atoms with Crippen molar-refractivity contribution in [3.63, 3.8) is 0 Å². The predicted molar refractivity (Wildman–Crippen MR) is 96.9 cm³/mol. The maximum Gasteiger partial charge on any atom is 0.266 e. The van der Waals surface area contributed by atoms with E-state index in [-0.39, 0.29) is 30.1 Å². The van der Waals surface area contributed by atoms with Gasteiger partial charge >= 0.3 is 0 Å². The zero-order valence-electron chi connectivity index (χ0n) is 16.2. The molecule has 26 heavy (non-hydrogen) atoms. The number of ketones is 1. The first kappa shape index (κ1) is 18.8. The maximum absolute atomic E-state index is 13.3. The van der Waals surface area contributed by atoms with Crippen molar-refractivity contribution >= 4 is 5.78 Å². The van der Waals surface area contributed by atoms with E-state index in [2.05, 4.69) is 6.92 Å². The number of Topliss-reactive ketones (excluding diaryl/α,β-unsaturated/α-hetero) is 1. The third-order valence-corrected chi connectivity index (χ3v) is 9.19. The Morgan fingerprint density at radius 3 is 2.46 bits per heavy atom. The van der Waals surface area contributed by atoms with Gasteiger partial charge in [0.05, 0.1) is 0 Å². The second-order valence-electron chi connectivity index (χ2n) is 10.1. The van der Waals surface area contributed by atoms with E-state index < -0.39 is 12.0 Å². The Balaban J connectivity index is 1.52. The molecule has 0 saturated heterocycles. The van der Waals surface area contributed by atoms with Crippen molar-refractivity contribution in [3.8, 4) is 0 Å². The van der Waals surface area contributed by atoms with Gasteiger partial charge < -0.3 is 5.11 Å². The topological polar surface area (TPSA) is 37.3 Å². The fourth-order valence-corrected chi connectivity index (χ4v) is 7.88. The van der Waals surface area contributed by atoms with Gasteiger partial charge in [-0.15, -0.1) is 0 Å². The SMILES string of the molecule is CCC(=O)C1CCC2C3CCC4CC(O)(C(F)F)CCC4C3CCC12C. The van der Waals surface area contributed by atoms with Gasteiger partial charge in [0.15, 0.2) is 0 Å². The predicted octanol–water partition coefficient (Wildman–Crippen LogP) is 5.23. The van der Waals surface area contributed by atoms with Crippen LogP contribution in [0.4, 0.5) is 8.78 Å².